The zero-order valence-corrected chi connectivity index (χ0v) is 12.8. The van der Waals surface area contributed by atoms with E-state index in [9.17, 15) is 4.79 Å². The molecule has 20 heavy (non-hydrogen) atoms. The van der Waals surface area contributed by atoms with Crippen LogP contribution in [-0.2, 0) is 17.6 Å². The molecule has 1 aromatic carbocycles. The molecule has 0 spiro atoms. The van der Waals surface area contributed by atoms with Crippen LogP contribution < -0.4 is 5.32 Å². The van der Waals surface area contributed by atoms with E-state index in [0.29, 0.717) is 0 Å². The smallest absolute Gasteiger partial charge is 0.228 e. The minimum Gasteiger partial charge on any atom is -0.324 e. The Kier molecular flexibility index (Phi) is 3.57. The molecule has 3 rings (SSSR count). The highest BCUT2D eigenvalue weighted by Crippen LogP contribution is 2.27. The first-order valence-electron chi connectivity index (χ1n) is 6.63. The van der Waals surface area contributed by atoms with Gasteiger partial charge in [-0.1, -0.05) is 24.3 Å². The first-order chi connectivity index (χ1) is 9.63. The average molecular weight is 331 g/mol. The Labute approximate surface area is 126 Å². The van der Waals surface area contributed by atoms with Gasteiger partial charge in [0.05, 0.1) is 11.9 Å². The molecule has 1 amide bonds. The summed E-state index contributed by atoms with van der Waals surface area (Å²) in [5, 5.41) is 2.96. The fourth-order valence-corrected chi connectivity index (χ4v) is 2.83. The lowest BCUT2D eigenvalue weighted by molar-refractivity contribution is -0.119. The Bertz CT molecular complexity index is 644. The highest BCUT2D eigenvalue weighted by Gasteiger charge is 2.27. The first kappa shape index (κ1) is 13.3. The molecule has 0 atom stereocenters. The lowest BCUT2D eigenvalue weighted by Gasteiger charge is -2.11. The number of carbonyl (C=O) groups excluding carboxylic acids is 1. The van der Waals surface area contributed by atoms with Crippen molar-refractivity contribution >= 4 is 27.5 Å². The maximum Gasteiger partial charge on any atom is 0.228 e. The van der Waals surface area contributed by atoms with Gasteiger partial charge in [-0.2, -0.15) is 0 Å². The van der Waals surface area contributed by atoms with Crippen LogP contribution >= 0.6 is 15.9 Å². The van der Waals surface area contributed by atoms with Gasteiger partial charge < -0.3 is 5.32 Å². The number of aromatic nitrogens is 1. The number of nitrogens with one attached hydrogen (secondary N) is 1. The number of amides is 1. The van der Waals surface area contributed by atoms with E-state index in [1.165, 1.54) is 11.1 Å². The number of carbonyl (C=O) groups is 1. The number of halogens is 1. The summed E-state index contributed by atoms with van der Waals surface area (Å²) < 4.78 is 0.809. The Morgan fingerprint density at radius 2 is 1.95 bits per heavy atom. The number of nitrogens with zero attached hydrogens (tertiary/aromatic N) is 1. The van der Waals surface area contributed by atoms with E-state index in [2.05, 4.69) is 38.4 Å². The third kappa shape index (κ3) is 2.61. The van der Waals surface area contributed by atoms with Gasteiger partial charge in [-0.25, -0.2) is 4.98 Å². The Balaban J connectivity index is 1.71. The Hall–Kier alpha value is -1.68. The second-order valence-electron chi connectivity index (χ2n) is 5.19. The number of benzene rings is 1. The molecule has 3 nitrogen and oxygen atoms in total. The van der Waals surface area contributed by atoms with Crippen LogP contribution in [-0.4, -0.2) is 10.9 Å². The number of hydrogen-bond acceptors (Lipinski definition) is 2. The zero-order chi connectivity index (χ0) is 14.1. The van der Waals surface area contributed by atoms with Crippen LogP contribution in [0.15, 0.2) is 41.1 Å². The number of rotatable bonds is 2. The predicted molar refractivity (Wildman–Crippen MR) is 82.6 cm³/mol. The third-order valence-electron chi connectivity index (χ3n) is 3.70. The van der Waals surface area contributed by atoms with E-state index >= 15 is 0 Å². The molecule has 1 aromatic heterocycles. The summed E-state index contributed by atoms with van der Waals surface area (Å²) >= 11 is 3.36. The molecule has 0 saturated heterocycles. The van der Waals surface area contributed by atoms with Crippen molar-refractivity contribution < 1.29 is 4.79 Å². The van der Waals surface area contributed by atoms with Crippen molar-refractivity contribution in [3.63, 3.8) is 0 Å². The van der Waals surface area contributed by atoms with Crippen molar-refractivity contribution in [2.75, 3.05) is 5.32 Å². The largest absolute Gasteiger partial charge is 0.324 e. The van der Waals surface area contributed by atoms with E-state index in [-0.39, 0.29) is 11.8 Å². The molecule has 1 N–H and O–H groups in total. The molecule has 1 aliphatic rings. The summed E-state index contributed by atoms with van der Waals surface area (Å²) in [6.07, 6.45) is 3.33. The van der Waals surface area contributed by atoms with Crippen molar-refractivity contribution in [2.24, 2.45) is 5.92 Å². The van der Waals surface area contributed by atoms with Gasteiger partial charge in [0.15, 0.2) is 0 Å². The number of pyridine rings is 1. The molecule has 1 aliphatic carbocycles. The topological polar surface area (TPSA) is 42.0 Å². The highest BCUT2D eigenvalue weighted by molar-refractivity contribution is 9.10. The molecule has 2 aromatic rings. The lowest BCUT2D eigenvalue weighted by Crippen LogP contribution is -2.23. The summed E-state index contributed by atoms with van der Waals surface area (Å²) in [5.74, 6) is 0.0982. The quantitative estimate of drug-likeness (QED) is 0.856. The molecule has 0 aliphatic heterocycles. The van der Waals surface area contributed by atoms with Crippen LogP contribution in [0, 0.1) is 12.8 Å². The predicted octanol–water partition coefficient (Wildman–Crippen LogP) is 3.51. The van der Waals surface area contributed by atoms with E-state index in [1.54, 1.807) is 6.20 Å². The number of hydrogen-bond donors (Lipinski definition) is 1. The minimum atomic E-state index is 0.0244. The van der Waals surface area contributed by atoms with E-state index in [0.717, 1.165) is 28.7 Å². The SMILES string of the molecule is Cc1cc(NC(=O)C2Cc3ccccc3C2)cnc1Br. The molecule has 0 fully saturated rings. The maximum atomic E-state index is 12.3. The van der Waals surface area contributed by atoms with E-state index in [1.807, 2.05) is 25.1 Å². The summed E-state index contributed by atoms with van der Waals surface area (Å²) in [7, 11) is 0. The van der Waals surface area contributed by atoms with Crippen LogP contribution in [0.4, 0.5) is 5.69 Å². The fourth-order valence-electron chi connectivity index (χ4n) is 2.62. The minimum absolute atomic E-state index is 0.0244. The van der Waals surface area contributed by atoms with Crippen molar-refractivity contribution in [1.82, 2.24) is 4.98 Å². The zero-order valence-electron chi connectivity index (χ0n) is 11.2. The molecule has 0 unspecified atom stereocenters. The molecule has 0 bridgehead atoms. The second-order valence-corrected chi connectivity index (χ2v) is 5.95. The number of fused-ring (bicyclic) bond motifs is 1. The molecule has 1 heterocycles. The van der Waals surface area contributed by atoms with Gasteiger partial charge in [0, 0.05) is 5.92 Å². The normalized spacial score (nSPS) is 14.1. The lowest BCUT2D eigenvalue weighted by atomic mass is 10.1. The van der Waals surface area contributed by atoms with Gasteiger partial charge in [0.25, 0.3) is 0 Å². The van der Waals surface area contributed by atoms with Crippen LogP contribution in [0.1, 0.15) is 16.7 Å². The average Bonchev–Trinajstić information content (AvgIpc) is 2.87. The summed E-state index contributed by atoms with van der Waals surface area (Å²) in [5.41, 5.74) is 4.35. The molecule has 4 heteroatoms. The third-order valence-corrected chi connectivity index (χ3v) is 4.53. The summed E-state index contributed by atoms with van der Waals surface area (Å²) in [6, 6.07) is 10.2. The molecular weight excluding hydrogens is 316 g/mol. The van der Waals surface area contributed by atoms with Gasteiger partial charge in [-0.05, 0) is 58.5 Å². The molecule has 0 saturated carbocycles. The van der Waals surface area contributed by atoms with Crippen LogP contribution in [0.25, 0.3) is 0 Å². The number of anilines is 1. The van der Waals surface area contributed by atoms with E-state index in [4.69, 9.17) is 0 Å². The highest BCUT2D eigenvalue weighted by atomic mass is 79.9. The monoisotopic (exact) mass is 330 g/mol. The van der Waals surface area contributed by atoms with Crippen molar-refractivity contribution in [3.8, 4) is 0 Å². The van der Waals surface area contributed by atoms with Gasteiger partial charge in [-0.3, -0.25) is 4.79 Å². The van der Waals surface area contributed by atoms with E-state index < -0.39 is 0 Å². The van der Waals surface area contributed by atoms with Crippen LogP contribution in [0.2, 0.25) is 0 Å². The molecule has 0 radical (unpaired) electrons. The van der Waals surface area contributed by atoms with Crippen molar-refractivity contribution in [3.05, 3.63) is 57.8 Å². The second kappa shape index (κ2) is 5.37. The van der Waals surface area contributed by atoms with Crippen LogP contribution in [0.5, 0.6) is 0 Å². The summed E-state index contributed by atoms with van der Waals surface area (Å²) in [4.78, 5) is 16.5. The Morgan fingerprint density at radius 3 is 2.55 bits per heavy atom. The fraction of sp³-hybridized carbons (Fsp3) is 0.250. The molecular formula is C16H15BrN2O. The molecule has 102 valence electrons. The standard InChI is InChI=1S/C16H15BrN2O/c1-10-6-14(9-18-15(10)17)19-16(20)13-7-11-4-2-3-5-12(11)8-13/h2-6,9,13H,7-8H2,1H3,(H,19,20). The number of aryl methyl sites for hydroxylation is 1. The van der Waals surface area contributed by atoms with Crippen LogP contribution in [0.3, 0.4) is 0 Å². The van der Waals surface area contributed by atoms with Gasteiger partial charge >= 0.3 is 0 Å². The maximum absolute atomic E-state index is 12.3. The van der Waals surface area contributed by atoms with Crippen molar-refractivity contribution in [1.29, 1.82) is 0 Å². The van der Waals surface area contributed by atoms with Crippen molar-refractivity contribution in [2.45, 2.75) is 19.8 Å². The van der Waals surface area contributed by atoms with Gasteiger partial charge in [0.1, 0.15) is 4.60 Å². The van der Waals surface area contributed by atoms with Gasteiger partial charge in [0.2, 0.25) is 5.91 Å². The van der Waals surface area contributed by atoms with Gasteiger partial charge in [-0.15, -0.1) is 0 Å². The Morgan fingerprint density at radius 1 is 1.30 bits per heavy atom. The summed E-state index contributed by atoms with van der Waals surface area (Å²) in [6.45, 7) is 1.96. The first-order valence-corrected chi connectivity index (χ1v) is 7.42.